The Hall–Kier alpha value is -1.77. The summed E-state index contributed by atoms with van der Waals surface area (Å²) < 4.78 is 11.2. The molecule has 0 spiro atoms. The van der Waals surface area contributed by atoms with Crippen molar-refractivity contribution in [2.24, 2.45) is 4.99 Å². The van der Waals surface area contributed by atoms with E-state index in [1.807, 2.05) is 31.2 Å². The first kappa shape index (κ1) is 22.3. The minimum Gasteiger partial charge on any atom is -0.496 e. The van der Waals surface area contributed by atoms with Gasteiger partial charge in [-0.05, 0) is 13.0 Å². The second-order valence-corrected chi connectivity index (χ2v) is 6.73. The van der Waals surface area contributed by atoms with Crippen molar-refractivity contribution in [3.05, 3.63) is 47.7 Å². The van der Waals surface area contributed by atoms with Gasteiger partial charge in [0, 0.05) is 17.5 Å². The van der Waals surface area contributed by atoms with Crippen LogP contribution in [0.4, 0.5) is 0 Å². The molecule has 2 N–H and O–H groups in total. The molecule has 144 valence electrons. The molecule has 2 rings (SSSR count). The second-order valence-electron chi connectivity index (χ2n) is 6.73. The molecule has 2 aromatic rings. The summed E-state index contributed by atoms with van der Waals surface area (Å²) in [6, 6.07) is 7.88. The molecule has 0 amide bonds. The van der Waals surface area contributed by atoms with Gasteiger partial charge in [0.25, 0.3) is 0 Å². The highest BCUT2D eigenvalue weighted by atomic mass is 127. The fraction of sp³-hybridized carbons (Fsp3) is 0.474. The van der Waals surface area contributed by atoms with Crippen LogP contribution in [0.2, 0.25) is 0 Å². The van der Waals surface area contributed by atoms with Crippen molar-refractivity contribution >= 4 is 29.9 Å². The van der Waals surface area contributed by atoms with Gasteiger partial charge in [-0.1, -0.05) is 39.0 Å². The highest BCUT2D eigenvalue weighted by Gasteiger charge is 2.19. The fourth-order valence-electron chi connectivity index (χ4n) is 2.24. The molecular formula is C19H29IN4O2. The Morgan fingerprint density at radius 1 is 1.23 bits per heavy atom. The fourth-order valence-corrected chi connectivity index (χ4v) is 2.24. The molecular weight excluding hydrogens is 443 g/mol. The van der Waals surface area contributed by atoms with Gasteiger partial charge >= 0.3 is 0 Å². The zero-order valence-corrected chi connectivity index (χ0v) is 18.5. The molecule has 0 fully saturated rings. The largest absolute Gasteiger partial charge is 0.496 e. The van der Waals surface area contributed by atoms with E-state index in [1.165, 1.54) is 0 Å². The molecule has 0 radical (unpaired) electrons. The lowest BCUT2D eigenvalue weighted by Gasteiger charge is -2.13. The Bertz CT molecular complexity index is 708. The topological polar surface area (TPSA) is 71.7 Å². The van der Waals surface area contributed by atoms with Gasteiger partial charge in [-0.15, -0.1) is 24.0 Å². The molecule has 6 nitrogen and oxygen atoms in total. The van der Waals surface area contributed by atoms with E-state index in [0.29, 0.717) is 24.9 Å². The van der Waals surface area contributed by atoms with Gasteiger partial charge < -0.3 is 19.8 Å². The van der Waals surface area contributed by atoms with E-state index in [4.69, 9.17) is 9.15 Å². The number of guanidine groups is 1. The highest BCUT2D eigenvalue weighted by Crippen LogP contribution is 2.22. The van der Waals surface area contributed by atoms with Crippen LogP contribution in [0.25, 0.3) is 0 Å². The van der Waals surface area contributed by atoms with Gasteiger partial charge in [-0.25, -0.2) is 9.98 Å². The smallest absolute Gasteiger partial charge is 0.213 e. The molecule has 0 atom stereocenters. The Balaban J connectivity index is 0.00000338. The number of para-hydroxylation sites is 1. The molecule has 1 heterocycles. The zero-order chi connectivity index (χ0) is 18.3. The Morgan fingerprint density at radius 3 is 2.58 bits per heavy atom. The number of halogens is 1. The summed E-state index contributed by atoms with van der Waals surface area (Å²) in [7, 11) is 1.67. The number of aromatic nitrogens is 1. The van der Waals surface area contributed by atoms with E-state index < -0.39 is 0 Å². The lowest BCUT2D eigenvalue weighted by atomic mass is 9.94. The van der Waals surface area contributed by atoms with Crippen molar-refractivity contribution in [3.8, 4) is 5.75 Å². The van der Waals surface area contributed by atoms with Crippen LogP contribution in [0.15, 0.2) is 39.9 Å². The van der Waals surface area contributed by atoms with E-state index in [1.54, 1.807) is 13.3 Å². The van der Waals surface area contributed by atoms with E-state index in [2.05, 4.69) is 41.4 Å². The Morgan fingerprint density at radius 2 is 1.96 bits per heavy atom. The quantitative estimate of drug-likeness (QED) is 0.380. The Kier molecular flexibility index (Phi) is 8.91. The van der Waals surface area contributed by atoms with Gasteiger partial charge in [-0.2, -0.15) is 0 Å². The average molecular weight is 472 g/mol. The van der Waals surface area contributed by atoms with Crippen LogP contribution >= 0.6 is 24.0 Å². The van der Waals surface area contributed by atoms with Crippen molar-refractivity contribution < 1.29 is 9.15 Å². The summed E-state index contributed by atoms with van der Waals surface area (Å²) in [5, 5.41) is 6.48. The second kappa shape index (κ2) is 10.4. The van der Waals surface area contributed by atoms with E-state index >= 15 is 0 Å². The number of hydrogen-bond acceptors (Lipinski definition) is 4. The molecule has 0 saturated carbocycles. The standard InChI is InChI=1S/C19H28N4O2.HI/c1-6-20-18(22-11-14-9-7-8-10-15(14)24-5)23-13-17-21-12-16(25-17)19(2,3)4;/h7-10,12H,6,11,13H2,1-5H3,(H2,20,22,23);1H. The molecule has 7 heteroatoms. The van der Waals surface area contributed by atoms with Crippen molar-refractivity contribution in [1.29, 1.82) is 0 Å². The first-order valence-corrected chi connectivity index (χ1v) is 8.53. The number of aliphatic imine (C=N–C) groups is 1. The summed E-state index contributed by atoms with van der Waals surface area (Å²) in [4.78, 5) is 8.94. The maximum absolute atomic E-state index is 5.80. The number of hydrogen-bond donors (Lipinski definition) is 2. The third-order valence-corrected chi connectivity index (χ3v) is 3.64. The summed E-state index contributed by atoms with van der Waals surface area (Å²) in [6.07, 6.45) is 1.79. The lowest BCUT2D eigenvalue weighted by molar-refractivity contribution is 0.379. The molecule has 0 unspecified atom stereocenters. The highest BCUT2D eigenvalue weighted by molar-refractivity contribution is 14.0. The van der Waals surface area contributed by atoms with Crippen LogP contribution < -0.4 is 15.4 Å². The third-order valence-electron chi connectivity index (χ3n) is 3.64. The molecule has 0 saturated heterocycles. The third kappa shape index (κ3) is 6.51. The van der Waals surface area contributed by atoms with Crippen molar-refractivity contribution in [2.75, 3.05) is 13.7 Å². The van der Waals surface area contributed by atoms with Crippen LogP contribution in [-0.2, 0) is 18.5 Å². The van der Waals surface area contributed by atoms with Gasteiger partial charge in [0.1, 0.15) is 11.5 Å². The van der Waals surface area contributed by atoms with E-state index in [9.17, 15) is 0 Å². The van der Waals surface area contributed by atoms with Crippen LogP contribution in [-0.4, -0.2) is 24.6 Å². The maximum Gasteiger partial charge on any atom is 0.213 e. The van der Waals surface area contributed by atoms with Crippen LogP contribution in [0.3, 0.4) is 0 Å². The summed E-state index contributed by atoms with van der Waals surface area (Å²) in [6.45, 7) is 10.1. The summed E-state index contributed by atoms with van der Waals surface area (Å²) in [5.74, 6) is 3.07. The SMILES string of the molecule is CCNC(=NCc1ccccc1OC)NCc1ncc(C(C)(C)C)o1.I. The first-order chi connectivity index (χ1) is 11.9. The van der Waals surface area contributed by atoms with Gasteiger partial charge in [0.2, 0.25) is 5.89 Å². The normalized spacial score (nSPS) is 11.7. The van der Waals surface area contributed by atoms with E-state index in [-0.39, 0.29) is 29.4 Å². The minimum absolute atomic E-state index is 0. The number of nitrogens with one attached hydrogen (secondary N) is 2. The summed E-state index contributed by atoms with van der Waals surface area (Å²) in [5.41, 5.74) is 0.988. The first-order valence-electron chi connectivity index (χ1n) is 8.53. The molecule has 1 aromatic carbocycles. The zero-order valence-electron chi connectivity index (χ0n) is 16.1. The maximum atomic E-state index is 5.80. The number of oxazole rings is 1. The number of benzene rings is 1. The van der Waals surface area contributed by atoms with Gasteiger partial charge in [0.05, 0.1) is 26.4 Å². The van der Waals surface area contributed by atoms with Crippen molar-refractivity contribution in [2.45, 2.75) is 46.2 Å². The molecule has 0 aliphatic rings. The monoisotopic (exact) mass is 472 g/mol. The predicted molar refractivity (Wildman–Crippen MR) is 115 cm³/mol. The van der Waals surface area contributed by atoms with E-state index in [0.717, 1.165) is 23.6 Å². The number of rotatable bonds is 6. The van der Waals surface area contributed by atoms with Gasteiger partial charge in [-0.3, -0.25) is 0 Å². The molecule has 1 aromatic heterocycles. The number of nitrogens with zero attached hydrogens (tertiary/aromatic N) is 2. The van der Waals surface area contributed by atoms with Gasteiger partial charge in [0.15, 0.2) is 5.96 Å². The van der Waals surface area contributed by atoms with Crippen LogP contribution in [0.5, 0.6) is 5.75 Å². The molecule has 0 aliphatic carbocycles. The van der Waals surface area contributed by atoms with Crippen LogP contribution in [0.1, 0.15) is 44.9 Å². The van der Waals surface area contributed by atoms with Crippen molar-refractivity contribution in [3.63, 3.8) is 0 Å². The molecule has 0 bridgehead atoms. The number of methoxy groups -OCH3 is 1. The van der Waals surface area contributed by atoms with Crippen molar-refractivity contribution in [1.82, 2.24) is 15.6 Å². The average Bonchev–Trinajstić information content (AvgIpc) is 3.07. The minimum atomic E-state index is -0.0479. The predicted octanol–water partition coefficient (Wildman–Crippen LogP) is 3.85. The number of ether oxygens (including phenoxy) is 1. The molecule has 26 heavy (non-hydrogen) atoms. The lowest BCUT2D eigenvalue weighted by Crippen LogP contribution is -2.36. The van der Waals surface area contributed by atoms with Crippen LogP contribution in [0, 0.1) is 0 Å². The summed E-state index contributed by atoms with van der Waals surface area (Å²) >= 11 is 0. The Labute approximate surface area is 172 Å². The molecule has 0 aliphatic heterocycles.